The third-order valence-electron chi connectivity index (χ3n) is 7.81. The van der Waals surface area contributed by atoms with E-state index < -0.39 is 0 Å². The lowest BCUT2D eigenvalue weighted by atomic mass is 9.67. The zero-order valence-corrected chi connectivity index (χ0v) is 21.5. The molecular weight excluding hydrogens is 458 g/mol. The van der Waals surface area contributed by atoms with E-state index in [1.54, 1.807) is 6.20 Å². The monoisotopic (exact) mass is 491 g/mol. The quantitative estimate of drug-likeness (QED) is 0.301. The smallest absolute Gasteiger partial charge is 0.167 e. The zero-order valence-electron chi connectivity index (χ0n) is 21.5. The van der Waals surface area contributed by atoms with Crippen LogP contribution in [0.4, 0.5) is 0 Å². The molecule has 1 aromatic heterocycles. The van der Waals surface area contributed by atoms with Crippen molar-refractivity contribution in [2.24, 2.45) is 11.8 Å². The van der Waals surface area contributed by atoms with Crippen LogP contribution >= 0.6 is 0 Å². The molecular formula is C32H33N3O2. The molecule has 0 spiro atoms. The summed E-state index contributed by atoms with van der Waals surface area (Å²) in [5.74, 6) is -0.673. The standard InChI is InChI=1S/C32H33N3O2/c1-23-10-9-15-27(24(23)2)30-28(31(36)25-11-5-3-6-12-25)20-35(19-18-34-17-16-33-22-34)21-29(30)32(37)26-13-7-4-8-14-26/h3-17,22,28-30H,18-21H2,1-2H3. The summed E-state index contributed by atoms with van der Waals surface area (Å²) in [5.41, 5.74) is 4.85. The Kier molecular flexibility index (Phi) is 7.42. The van der Waals surface area contributed by atoms with Crippen molar-refractivity contribution in [3.8, 4) is 0 Å². The predicted octanol–water partition coefficient (Wildman–Crippen LogP) is 5.60. The molecule has 37 heavy (non-hydrogen) atoms. The number of nitrogens with zero attached hydrogens (tertiary/aromatic N) is 3. The number of piperidine rings is 1. The number of hydrogen-bond acceptors (Lipinski definition) is 4. The van der Waals surface area contributed by atoms with Crippen LogP contribution in [0, 0.1) is 25.7 Å². The summed E-state index contributed by atoms with van der Waals surface area (Å²) in [6.07, 6.45) is 5.53. The van der Waals surface area contributed by atoms with E-state index in [1.165, 1.54) is 5.56 Å². The topological polar surface area (TPSA) is 55.2 Å². The molecule has 1 aliphatic heterocycles. The molecule has 188 valence electrons. The SMILES string of the molecule is Cc1cccc(C2C(C(=O)c3ccccc3)CN(CCn3ccnc3)CC2C(=O)c2ccccc2)c1C. The molecule has 1 saturated heterocycles. The lowest BCUT2D eigenvalue weighted by Crippen LogP contribution is -2.51. The van der Waals surface area contributed by atoms with Crippen molar-refractivity contribution < 1.29 is 9.59 Å². The highest BCUT2D eigenvalue weighted by atomic mass is 16.1. The van der Waals surface area contributed by atoms with Gasteiger partial charge in [-0.25, -0.2) is 4.98 Å². The first kappa shape index (κ1) is 24.8. The molecule has 5 nitrogen and oxygen atoms in total. The molecule has 1 aliphatic rings. The van der Waals surface area contributed by atoms with Crippen LogP contribution in [0.25, 0.3) is 0 Å². The van der Waals surface area contributed by atoms with E-state index in [-0.39, 0.29) is 29.3 Å². The van der Waals surface area contributed by atoms with Gasteiger partial charge in [0.25, 0.3) is 0 Å². The van der Waals surface area contributed by atoms with Crippen LogP contribution in [0.1, 0.15) is 43.3 Å². The Bertz CT molecular complexity index is 1290. The van der Waals surface area contributed by atoms with Crippen LogP contribution < -0.4 is 0 Å². The van der Waals surface area contributed by atoms with Gasteiger partial charge >= 0.3 is 0 Å². The Labute approximate surface area is 218 Å². The second kappa shape index (κ2) is 11.1. The summed E-state index contributed by atoms with van der Waals surface area (Å²) in [6, 6.07) is 25.3. The minimum Gasteiger partial charge on any atom is -0.336 e. The van der Waals surface area contributed by atoms with E-state index >= 15 is 0 Å². The minimum absolute atomic E-state index is 0.102. The maximum atomic E-state index is 14.1. The Morgan fingerprint density at radius 3 is 1.92 bits per heavy atom. The molecule has 0 bridgehead atoms. The zero-order chi connectivity index (χ0) is 25.8. The molecule has 4 aromatic rings. The molecule has 0 N–H and O–H groups in total. The third kappa shape index (κ3) is 5.32. The summed E-state index contributed by atoms with van der Waals surface area (Å²) in [6.45, 7) is 6.93. The van der Waals surface area contributed by atoms with Crippen molar-refractivity contribution in [3.63, 3.8) is 0 Å². The molecule has 0 radical (unpaired) electrons. The van der Waals surface area contributed by atoms with Crippen molar-refractivity contribution in [1.82, 2.24) is 14.5 Å². The van der Waals surface area contributed by atoms with Gasteiger partial charge in [-0.05, 0) is 30.5 Å². The van der Waals surface area contributed by atoms with Gasteiger partial charge in [-0.1, -0.05) is 78.9 Å². The molecule has 0 amide bonds. The molecule has 2 heterocycles. The van der Waals surface area contributed by atoms with Crippen molar-refractivity contribution in [1.29, 1.82) is 0 Å². The number of likely N-dealkylation sites (tertiary alicyclic amines) is 1. The number of carbonyl (C=O) groups excluding carboxylic acids is 2. The van der Waals surface area contributed by atoms with Gasteiger partial charge in [0, 0.05) is 67.5 Å². The fraction of sp³-hybridized carbons (Fsp3) is 0.281. The van der Waals surface area contributed by atoms with Gasteiger partial charge in [0.15, 0.2) is 11.6 Å². The molecule has 2 unspecified atom stereocenters. The fourth-order valence-corrected chi connectivity index (χ4v) is 5.69. The van der Waals surface area contributed by atoms with E-state index in [9.17, 15) is 9.59 Å². The fourth-order valence-electron chi connectivity index (χ4n) is 5.69. The van der Waals surface area contributed by atoms with Gasteiger partial charge in [0.05, 0.1) is 6.33 Å². The molecule has 5 heteroatoms. The highest BCUT2D eigenvalue weighted by molar-refractivity contribution is 6.02. The average molecular weight is 492 g/mol. The van der Waals surface area contributed by atoms with E-state index in [0.717, 1.165) is 24.2 Å². The number of rotatable bonds is 8. The molecule has 0 saturated carbocycles. The van der Waals surface area contributed by atoms with Gasteiger partial charge in [0.2, 0.25) is 0 Å². The number of carbonyl (C=O) groups is 2. The normalized spacial score (nSPS) is 20.0. The Balaban J connectivity index is 1.58. The lowest BCUT2D eigenvalue weighted by Gasteiger charge is -2.43. The van der Waals surface area contributed by atoms with E-state index in [4.69, 9.17) is 0 Å². The van der Waals surface area contributed by atoms with Gasteiger partial charge in [-0.2, -0.15) is 0 Å². The lowest BCUT2D eigenvalue weighted by molar-refractivity contribution is 0.0565. The predicted molar refractivity (Wildman–Crippen MR) is 146 cm³/mol. The largest absolute Gasteiger partial charge is 0.336 e. The first-order chi connectivity index (χ1) is 18.0. The molecule has 5 rings (SSSR count). The van der Waals surface area contributed by atoms with Crippen molar-refractivity contribution in [2.75, 3.05) is 19.6 Å². The van der Waals surface area contributed by atoms with E-state index in [2.05, 4.69) is 41.9 Å². The summed E-state index contributed by atoms with van der Waals surface area (Å²) in [7, 11) is 0. The number of imidazole rings is 1. The van der Waals surface area contributed by atoms with E-state index in [1.807, 2.05) is 77.8 Å². The minimum atomic E-state index is -0.336. The second-order valence-corrected chi connectivity index (χ2v) is 10.0. The molecule has 2 atom stereocenters. The van der Waals surface area contributed by atoms with Crippen LogP contribution in [-0.4, -0.2) is 45.7 Å². The summed E-state index contributed by atoms with van der Waals surface area (Å²) in [5, 5.41) is 0. The maximum Gasteiger partial charge on any atom is 0.167 e. The highest BCUT2D eigenvalue weighted by Crippen LogP contribution is 2.42. The first-order valence-corrected chi connectivity index (χ1v) is 13.0. The van der Waals surface area contributed by atoms with Crippen molar-refractivity contribution in [2.45, 2.75) is 26.3 Å². The van der Waals surface area contributed by atoms with Crippen LogP contribution in [0.15, 0.2) is 97.6 Å². The third-order valence-corrected chi connectivity index (χ3v) is 7.81. The molecule has 0 aliphatic carbocycles. The number of aryl methyl sites for hydroxylation is 1. The van der Waals surface area contributed by atoms with Crippen LogP contribution in [0.2, 0.25) is 0 Å². The Morgan fingerprint density at radius 1 is 0.784 bits per heavy atom. The van der Waals surface area contributed by atoms with Crippen molar-refractivity contribution >= 4 is 11.6 Å². The number of ketones is 2. The molecule has 1 fully saturated rings. The number of hydrogen-bond donors (Lipinski definition) is 0. The van der Waals surface area contributed by atoms with Gasteiger partial charge in [0.1, 0.15) is 0 Å². The maximum absolute atomic E-state index is 14.1. The van der Waals surface area contributed by atoms with Gasteiger partial charge < -0.3 is 9.47 Å². The summed E-state index contributed by atoms with van der Waals surface area (Å²) < 4.78 is 2.04. The number of Topliss-reactive ketones (excluding diaryl/α,β-unsaturated/α-hetero) is 2. The highest BCUT2D eigenvalue weighted by Gasteiger charge is 2.45. The average Bonchev–Trinajstić information content (AvgIpc) is 3.47. The van der Waals surface area contributed by atoms with Crippen LogP contribution in [0.3, 0.4) is 0 Å². The van der Waals surface area contributed by atoms with Gasteiger partial charge in [-0.3, -0.25) is 9.59 Å². The van der Waals surface area contributed by atoms with Crippen molar-refractivity contribution in [3.05, 3.63) is 125 Å². The van der Waals surface area contributed by atoms with Gasteiger partial charge in [-0.15, -0.1) is 0 Å². The summed E-state index contributed by atoms with van der Waals surface area (Å²) in [4.78, 5) is 34.7. The Morgan fingerprint density at radius 2 is 1.38 bits per heavy atom. The first-order valence-electron chi connectivity index (χ1n) is 13.0. The molecule has 3 aromatic carbocycles. The van der Waals surface area contributed by atoms with Crippen LogP contribution in [0.5, 0.6) is 0 Å². The number of benzene rings is 3. The second-order valence-electron chi connectivity index (χ2n) is 10.0. The Hall–Kier alpha value is -3.83. The number of aromatic nitrogens is 2. The van der Waals surface area contributed by atoms with Crippen LogP contribution in [-0.2, 0) is 6.54 Å². The van der Waals surface area contributed by atoms with E-state index in [0.29, 0.717) is 24.2 Å². The summed E-state index contributed by atoms with van der Waals surface area (Å²) >= 11 is 0.